The quantitative estimate of drug-likeness (QED) is 0.772. The van der Waals surface area contributed by atoms with Gasteiger partial charge in [0, 0.05) is 5.69 Å². The average Bonchev–Trinajstić information content (AvgIpc) is 2.91. The first-order valence-corrected chi connectivity index (χ1v) is 6.91. The van der Waals surface area contributed by atoms with Gasteiger partial charge >= 0.3 is 0 Å². The highest BCUT2D eigenvalue weighted by atomic mass is 16.1. The Labute approximate surface area is 123 Å². The molecule has 0 aliphatic carbocycles. The zero-order valence-corrected chi connectivity index (χ0v) is 12.1. The van der Waals surface area contributed by atoms with Gasteiger partial charge in [0.15, 0.2) is 0 Å². The average molecular weight is 279 g/mol. The number of H-pyrrole nitrogens is 1. The lowest BCUT2D eigenvalue weighted by Crippen LogP contribution is -2.15. The van der Waals surface area contributed by atoms with Crippen molar-refractivity contribution in [2.45, 2.75) is 20.3 Å². The van der Waals surface area contributed by atoms with E-state index in [9.17, 15) is 4.79 Å². The monoisotopic (exact) mass is 279 g/mol. The first kappa shape index (κ1) is 13.4. The van der Waals surface area contributed by atoms with E-state index in [0.29, 0.717) is 6.42 Å². The van der Waals surface area contributed by atoms with E-state index < -0.39 is 0 Å². The van der Waals surface area contributed by atoms with Crippen LogP contribution in [0, 0.1) is 13.8 Å². The van der Waals surface area contributed by atoms with Crippen molar-refractivity contribution in [2.75, 3.05) is 5.32 Å². The summed E-state index contributed by atoms with van der Waals surface area (Å²) in [5.74, 6) is -0.0115. The highest BCUT2D eigenvalue weighted by Crippen LogP contribution is 2.18. The Balaban J connectivity index is 1.75. The van der Waals surface area contributed by atoms with Gasteiger partial charge in [-0.2, -0.15) is 0 Å². The number of benzene rings is 2. The standard InChI is InChI=1S/C17H17N3O/c1-11-4-3-5-14(12(11)2)20-17(21)9-13-6-7-15-16(8-13)19-10-18-15/h3-8,10H,9H2,1-2H3,(H,18,19)(H,20,21). The minimum Gasteiger partial charge on any atom is -0.345 e. The van der Waals surface area contributed by atoms with Gasteiger partial charge in [0.05, 0.1) is 23.8 Å². The molecule has 4 heteroatoms. The summed E-state index contributed by atoms with van der Waals surface area (Å²) in [5.41, 5.74) is 5.99. The lowest BCUT2D eigenvalue weighted by atomic mass is 10.1. The maximum Gasteiger partial charge on any atom is 0.228 e. The molecule has 0 atom stereocenters. The Morgan fingerprint density at radius 3 is 2.95 bits per heavy atom. The van der Waals surface area contributed by atoms with Crippen molar-refractivity contribution in [3.05, 3.63) is 59.4 Å². The van der Waals surface area contributed by atoms with Gasteiger partial charge in [-0.05, 0) is 48.7 Å². The van der Waals surface area contributed by atoms with Gasteiger partial charge in [0.25, 0.3) is 0 Å². The van der Waals surface area contributed by atoms with Crippen molar-refractivity contribution >= 4 is 22.6 Å². The third kappa shape index (κ3) is 2.79. The largest absolute Gasteiger partial charge is 0.345 e. The second kappa shape index (κ2) is 5.40. The number of imidazole rings is 1. The number of fused-ring (bicyclic) bond motifs is 1. The lowest BCUT2D eigenvalue weighted by molar-refractivity contribution is -0.115. The number of aromatic nitrogens is 2. The van der Waals surface area contributed by atoms with Crippen molar-refractivity contribution in [2.24, 2.45) is 0 Å². The summed E-state index contributed by atoms with van der Waals surface area (Å²) >= 11 is 0. The minimum absolute atomic E-state index is 0.0115. The Hall–Kier alpha value is -2.62. The summed E-state index contributed by atoms with van der Waals surface area (Å²) in [6, 6.07) is 11.7. The summed E-state index contributed by atoms with van der Waals surface area (Å²) in [4.78, 5) is 19.4. The van der Waals surface area contributed by atoms with Crippen LogP contribution in [0.5, 0.6) is 0 Å². The molecule has 21 heavy (non-hydrogen) atoms. The molecule has 3 aromatic rings. The van der Waals surface area contributed by atoms with Gasteiger partial charge < -0.3 is 10.3 Å². The molecule has 106 valence electrons. The normalized spacial score (nSPS) is 10.8. The lowest BCUT2D eigenvalue weighted by Gasteiger charge is -2.10. The summed E-state index contributed by atoms with van der Waals surface area (Å²) in [7, 11) is 0. The fourth-order valence-corrected chi connectivity index (χ4v) is 2.36. The Morgan fingerprint density at radius 1 is 1.24 bits per heavy atom. The molecule has 2 N–H and O–H groups in total. The number of nitrogens with one attached hydrogen (secondary N) is 2. The Bertz CT molecular complexity index is 805. The predicted octanol–water partition coefficient (Wildman–Crippen LogP) is 3.36. The Morgan fingerprint density at radius 2 is 2.10 bits per heavy atom. The molecule has 0 fully saturated rings. The fraction of sp³-hybridized carbons (Fsp3) is 0.176. The van der Waals surface area contributed by atoms with Gasteiger partial charge in [-0.1, -0.05) is 18.2 Å². The van der Waals surface area contributed by atoms with E-state index in [2.05, 4.69) is 15.3 Å². The summed E-state index contributed by atoms with van der Waals surface area (Å²) < 4.78 is 0. The van der Waals surface area contributed by atoms with Crippen LogP contribution in [0.25, 0.3) is 11.0 Å². The van der Waals surface area contributed by atoms with Crippen molar-refractivity contribution in [1.82, 2.24) is 9.97 Å². The summed E-state index contributed by atoms with van der Waals surface area (Å²) in [6.45, 7) is 4.05. The van der Waals surface area contributed by atoms with Gasteiger partial charge in [-0.25, -0.2) is 4.98 Å². The minimum atomic E-state index is -0.0115. The molecule has 0 bridgehead atoms. The number of hydrogen-bond acceptors (Lipinski definition) is 2. The molecule has 0 saturated carbocycles. The van der Waals surface area contributed by atoms with Crippen LogP contribution in [0.1, 0.15) is 16.7 Å². The van der Waals surface area contributed by atoms with Crippen LogP contribution in [0.15, 0.2) is 42.7 Å². The number of rotatable bonds is 3. The van der Waals surface area contributed by atoms with Gasteiger partial charge in [-0.3, -0.25) is 4.79 Å². The molecule has 2 aromatic carbocycles. The van der Waals surface area contributed by atoms with Crippen LogP contribution in [0.3, 0.4) is 0 Å². The predicted molar refractivity (Wildman–Crippen MR) is 84.3 cm³/mol. The first-order valence-electron chi connectivity index (χ1n) is 6.91. The third-order valence-electron chi connectivity index (χ3n) is 3.73. The molecule has 0 saturated heterocycles. The number of carbonyl (C=O) groups excluding carboxylic acids is 1. The van der Waals surface area contributed by atoms with Crippen LogP contribution in [-0.4, -0.2) is 15.9 Å². The third-order valence-corrected chi connectivity index (χ3v) is 3.73. The van der Waals surface area contributed by atoms with Crippen LogP contribution >= 0.6 is 0 Å². The number of amides is 1. The molecule has 1 amide bonds. The Kier molecular flexibility index (Phi) is 3.44. The number of aromatic amines is 1. The molecule has 0 radical (unpaired) electrons. The zero-order chi connectivity index (χ0) is 14.8. The molecule has 1 aromatic heterocycles. The topological polar surface area (TPSA) is 57.8 Å². The van der Waals surface area contributed by atoms with Gasteiger partial charge in [0.2, 0.25) is 5.91 Å². The van der Waals surface area contributed by atoms with Crippen molar-refractivity contribution in [3.8, 4) is 0 Å². The molecular formula is C17H17N3O. The molecule has 0 aliphatic rings. The SMILES string of the molecule is Cc1cccc(NC(=O)Cc2ccc3nc[nH]c3c2)c1C. The molecule has 0 spiro atoms. The number of carbonyl (C=O) groups is 1. The highest BCUT2D eigenvalue weighted by Gasteiger charge is 2.08. The van der Waals surface area contributed by atoms with E-state index in [4.69, 9.17) is 0 Å². The second-order valence-corrected chi connectivity index (χ2v) is 5.23. The maximum absolute atomic E-state index is 12.2. The maximum atomic E-state index is 12.2. The van der Waals surface area contributed by atoms with Crippen LogP contribution in [0.4, 0.5) is 5.69 Å². The second-order valence-electron chi connectivity index (χ2n) is 5.23. The van der Waals surface area contributed by atoms with Crippen LogP contribution in [-0.2, 0) is 11.2 Å². The number of aryl methyl sites for hydroxylation is 1. The van der Waals surface area contributed by atoms with E-state index in [1.807, 2.05) is 50.2 Å². The molecule has 3 rings (SSSR count). The molecule has 4 nitrogen and oxygen atoms in total. The molecule has 0 unspecified atom stereocenters. The van der Waals surface area contributed by atoms with Gasteiger partial charge in [0.1, 0.15) is 0 Å². The van der Waals surface area contributed by atoms with E-state index >= 15 is 0 Å². The molecule has 1 heterocycles. The summed E-state index contributed by atoms with van der Waals surface area (Å²) in [6.07, 6.45) is 2.01. The first-order chi connectivity index (χ1) is 10.1. The number of nitrogens with zero attached hydrogens (tertiary/aromatic N) is 1. The van der Waals surface area contributed by atoms with E-state index in [1.165, 1.54) is 5.56 Å². The zero-order valence-electron chi connectivity index (χ0n) is 12.1. The summed E-state index contributed by atoms with van der Waals surface area (Å²) in [5, 5.41) is 2.98. The fourth-order valence-electron chi connectivity index (χ4n) is 2.36. The smallest absolute Gasteiger partial charge is 0.228 e. The molecular weight excluding hydrogens is 262 g/mol. The highest BCUT2D eigenvalue weighted by molar-refractivity contribution is 5.93. The van der Waals surface area contributed by atoms with Crippen molar-refractivity contribution < 1.29 is 4.79 Å². The van der Waals surface area contributed by atoms with E-state index in [-0.39, 0.29) is 5.91 Å². The van der Waals surface area contributed by atoms with Crippen LogP contribution in [0.2, 0.25) is 0 Å². The van der Waals surface area contributed by atoms with Crippen molar-refractivity contribution in [3.63, 3.8) is 0 Å². The number of hydrogen-bond donors (Lipinski definition) is 2. The van der Waals surface area contributed by atoms with Crippen molar-refractivity contribution in [1.29, 1.82) is 0 Å². The van der Waals surface area contributed by atoms with Crippen LogP contribution < -0.4 is 5.32 Å². The molecule has 0 aliphatic heterocycles. The van der Waals surface area contributed by atoms with E-state index in [0.717, 1.165) is 27.8 Å². The van der Waals surface area contributed by atoms with E-state index in [1.54, 1.807) is 6.33 Å². The van der Waals surface area contributed by atoms with Gasteiger partial charge in [-0.15, -0.1) is 0 Å². The number of anilines is 1.